The van der Waals surface area contributed by atoms with E-state index in [0.717, 1.165) is 12.0 Å². The van der Waals surface area contributed by atoms with Gasteiger partial charge in [-0.05, 0) is 24.3 Å². The van der Waals surface area contributed by atoms with Crippen LogP contribution in [0.3, 0.4) is 0 Å². The number of fused-ring (bicyclic) bond motifs is 2. The smallest absolute Gasteiger partial charge is 0.307 e. The van der Waals surface area contributed by atoms with Crippen LogP contribution in [0.25, 0.3) is 0 Å². The van der Waals surface area contributed by atoms with Crippen molar-refractivity contribution in [3.63, 3.8) is 0 Å². The predicted octanol–water partition coefficient (Wildman–Crippen LogP) is 2.70. The van der Waals surface area contributed by atoms with Crippen LogP contribution in [0, 0.1) is 17.8 Å². The van der Waals surface area contributed by atoms with Crippen molar-refractivity contribution in [1.29, 1.82) is 0 Å². The van der Waals surface area contributed by atoms with E-state index in [2.05, 4.69) is 6.08 Å². The maximum absolute atomic E-state index is 11.7. The lowest BCUT2D eigenvalue weighted by molar-refractivity contribution is -0.143. The molecule has 4 atom stereocenters. The van der Waals surface area contributed by atoms with Crippen LogP contribution in [-0.4, -0.2) is 32.4 Å². The van der Waals surface area contributed by atoms with E-state index >= 15 is 0 Å². The highest BCUT2D eigenvalue weighted by Crippen LogP contribution is 2.55. The highest BCUT2D eigenvalue weighted by atomic mass is 16.5. The van der Waals surface area contributed by atoms with Crippen LogP contribution in [-0.2, 0) is 4.79 Å². The van der Waals surface area contributed by atoms with E-state index in [1.165, 1.54) is 0 Å². The van der Waals surface area contributed by atoms with Crippen molar-refractivity contribution in [1.82, 2.24) is 0 Å². The normalized spacial score (nSPS) is 28.7. The summed E-state index contributed by atoms with van der Waals surface area (Å²) in [6.45, 7) is 0. The van der Waals surface area contributed by atoms with Gasteiger partial charge in [-0.3, -0.25) is 4.79 Å². The summed E-state index contributed by atoms with van der Waals surface area (Å²) in [4.78, 5) is 11.7. The molecule has 1 aromatic carbocycles. The lowest BCUT2D eigenvalue weighted by Crippen LogP contribution is -2.26. The van der Waals surface area contributed by atoms with Gasteiger partial charge in [0.05, 0.1) is 27.2 Å². The summed E-state index contributed by atoms with van der Waals surface area (Å²) in [7, 11) is 4.73. The topological polar surface area (TPSA) is 65.0 Å². The molecule has 0 spiro atoms. The zero-order valence-electron chi connectivity index (χ0n) is 12.9. The molecule has 2 bridgehead atoms. The molecule has 4 unspecified atom stereocenters. The van der Waals surface area contributed by atoms with Gasteiger partial charge < -0.3 is 19.3 Å². The summed E-state index contributed by atoms with van der Waals surface area (Å²) < 4.78 is 16.1. The van der Waals surface area contributed by atoms with E-state index in [-0.39, 0.29) is 17.8 Å². The minimum Gasteiger partial charge on any atom is -0.496 e. The molecule has 1 fully saturated rings. The number of ether oxygens (including phenoxy) is 3. The Labute approximate surface area is 129 Å². The van der Waals surface area contributed by atoms with Gasteiger partial charge in [-0.25, -0.2) is 0 Å². The molecule has 5 heteroatoms. The van der Waals surface area contributed by atoms with Gasteiger partial charge >= 0.3 is 5.97 Å². The van der Waals surface area contributed by atoms with Crippen molar-refractivity contribution < 1.29 is 24.1 Å². The predicted molar refractivity (Wildman–Crippen MR) is 80.7 cm³/mol. The van der Waals surface area contributed by atoms with Gasteiger partial charge in [0, 0.05) is 17.5 Å². The maximum Gasteiger partial charge on any atom is 0.307 e. The molecule has 118 valence electrons. The van der Waals surface area contributed by atoms with Gasteiger partial charge in [0.25, 0.3) is 0 Å². The molecule has 22 heavy (non-hydrogen) atoms. The van der Waals surface area contributed by atoms with E-state index in [0.29, 0.717) is 17.2 Å². The standard InChI is InChI=1S/C17H20O5/c1-20-12-8-14(22-3)13(21-2)7-11(12)15-9-4-5-10(6-9)16(15)17(18)19/h4-5,7-10,15-16H,6H2,1-3H3,(H,18,19). The first-order valence-electron chi connectivity index (χ1n) is 7.31. The zero-order valence-corrected chi connectivity index (χ0v) is 12.9. The third kappa shape index (κ3) is 2.12. The van der Waals surface area contributed by atoms with Crippen molar-refractivity contribution in [2.45, 2.75) is 12.3 Å². The summed E-state index contributed by atoms with van der Waals surface area (Å²) in [5, 5.41) is 9.63. The van der Waals surface area contributed by atoms with Crippen molar-refractivity contribution >= 4 is 5.97 Å². The number of carboxylic acids is 1. The lowest BCUT2D eigenvalue weighted by atomic mass is 9.78. The van der Waals surface area contributed by atoms with Gasteiger partial charge in [0.2, 0.25) is 0 Å². The quantitative estimate of drug-likeness (QED) is 0.847. The second-order valence-electron chi connectivity index (χ2n) is 5.79. The number of aliphatic carboxylic acids is 1. The van der Waals surface area contributed by atoms with Gasteiger partial charge in [0.1, 0.15) is 5.75 Å². The largest absolute Gasteiger partial charge is 0.496 e. The van der Waals surface area contributed by atoms with Crippen molar-refractivity contribution in [3.8, 4) is 17.2 Å². The molecule has 1 N–H and O–H groups in total. The Morgan fingerprint density at radius 1 is 1.00 bits per heavy atom. The number of carboxylic acid groups (broad SMARTS) is 1. The molecule has 3 rings (SSSR count). The second-order valence-corrected chi connectivity index (χ2v) is 5.79. The number of allylic oxidation sites excluding steroid dienone is 2. The van der Waals surface area contributed by atoms with Crippen molar-refractivity contribution in [2.24, 2.45) is 17.8 Å². The molecule has 0 amide bonds. The van der Waals surface area contributed by atoms with Crippen LogP contribution in [0.5, 0.6) is 17.2 Å². The van der Waals surface area contributed by atoms with Crippen LogP contribution < -0.4 is 14.2 Å². The van der Waals surface area contributed by atoms with Crippen molar-refractivity contribution in [3.05, 3.63) is 29.8 Å². The summed E-state index contributed by atoms with van der Waals surface area (Å²) in [5.74, 6) is 0.893. The number of hydrogen-bond donors (Lipinski definition) is 1. The van der Waals surface area contributed by atoms with Gasteiger partial charge in [-0.1, -0.05) is 12.2 Å². The van der Waals surface area contributed by atoms with Crippen LogP contribution in [0.2, 0.25) is 0 Å². The lowest BCUT2D eigenvalue weighted by Gasteiger charge is -2.27. The Morgan fingerprint density at radius 3 is 2.18 bits per heavy atom. The molecular formula is C17H20O5. The highest BCUT2D eigenvalue weighted by molar-refractivity contribution is 5.74. The van der Waals surface area contributed by atoms with Crippen molar-refractivity contribution in [2.75, 3.05) is 21.3 Å². The fourth-order valence-electron chi connectivity index (χ4n) is 3.90. The molecule has 1 saturated carbocycles. The fraction of sp³-hybridized carbons (Fsp3) is 0.471. The Balaban J connectivity index is 2.10. The molecule has 0 saturated heterocycles. The molecule has 5 nitrogen and oxygen atoms in total. The molecule has 0 aromatic heterocycles. The van der Waals surface area contributed by atoms with Crippen LogP contribution in [0.1, 0.15) is 17.9 Å². The Hall–Kier alpha value is -2.17. The van der Waals surface area contributed by atoms with E-state index in [1.807, 2.05) is 12.1 Å². The molecule has 1 aromatic rings. The minimum atomic E-state index is -0.751. The van der Waals surface area contributed by atoms with E-state index in [1.54, 1.807) is 27.4 Å². The Morgan fingerprint density at radius 2 is 1.59 bits per heavy atom. The van der Waals surface area contributed by atoms with Gasteiger partial charge in [-0.2, -0.15) is 0 Å². The first kappa shape index (κ1) is 14.8. The van der Waals surface area contributed by atoms with E-state index in [9.17, 15) is 9.90 Å². The maximum atomic E-state index is 11.7. The molecule has 0 aliphatic heterocycles. The monoisotopic (exact) mass is 304 g/mol. The fourth-order valence-corrected chi connectivity index (χ4v) is 3.90. The number of carbonyl (C=O) groups is 1. The number of hydrogen-bond acceptors (Lipinski definition) is 4. The van der Waals surface area contributed by atoms with Crippen LogP contribution in [0.4, 0.5) is 0 Å². The summed E-state index contributed by atoms with van der Waals surface area (Å²) in [5.41, 5.74) is 0.879. The van der Waals surface area contributed by atoms with Crippen LogP contribution in [0.15, 0.2) is 24.3 Å². The third-order valence-electron chi connectivity index (χ3n) is 4.84. The molecule has 0 radical (unpaired) electrons. The molecule has 0 heterocycles. The molecule has 2 aliphatic rings. The highest BCUT2D eigenvalue weighted by Gasteiger charge is 2.50. The van der Waals surface area contributed by atoms with E-state index in [4.69, 9.17) is 14.2 Å². The van der Waals surface area contributed by atoms with Crippen LogP contribution >= 0.6 is 0 Å². The summed E-state index contributed by atoms with van der Waals surface area (Å²) in [6, 6.07) is 3.62. The first-order valence-corrected chi connectivity index (χ1v) is 7.31. The SMILES string of the molecule is COc1cc(OC)c(C2C3C=CC(C3)C2C(=O)O)cc1OC. The van der Waals surface area contributed by atoms with Gasteiger partial charge in [-0.15, -0.1) is 0 Å². The first-order chi connectivity index (χ1) is 10.6. The Bertz CT molecular complexity index is 622. The number of rotatable bonds is 5. The Kier molecular flexibility index (Phi) is 3.72. The average Bonchev–Trinajstić information content (AvgIpc) is 3.14. The molecular weight excluding hydrogens is 284 g/mol. The second kappa shape index (κ2) is 5.55. The third-order valence-corrected chi connectivity index (χ3v) is 4.84. The minimum absolute atomic E-state index is 0.0951. The zero-order chi connectivity index (χ0) is 15.9. The summed E-state index contributed by atoms with van der Waals surface area (Å²) in [6.07, 6.45) is 5.05. The summed E-state index contributed by atoms with van der Waals surface area (Å²) >= 11 is 0. The number of methoxy groups -OCH3 is 3. The average molecular weight is 304 g/mol. The van der Waals surface area contributed by atoms with E-state index < -0.39 is 11.9 Å². The number of benzene rings is 1. The van der Waals surface area contributed by atoms with Gasteiger partial charge in [0.15, 0.2) is 11.5 Å². The molecule has 2 aliphatic carbocycles.